The molecular weight excluding hydrogens is 300 g/mol. The number of ether oxygens (including phenoxy) is 2. The third-order valence-corrected chi connectivity index (χ3v) is 3.63. The van der Waals surface area contributed by atoms with Gasteiger partial charge in [0, 0.05) is 10.4 Å². The van der Waals surface area contributed by atoms with Crippen LogP contribution in [-0.2, 0) is 0 Å². The highest BCUT2D eigenvalue weighted by molar-refractivity contribution is 9.10. The standard InChI is InChI=1S/C13H19BrO4/c1-5-9(13(2,15)16)8-6-11(17-3)12(18-4)7-10(8)14/h6-7,9,15-16H,5H2,1-4H3. The van der Waals surface area contributed by atoms with Crippen molar-refractivity contribution in [3.63, 3.8) is 0 Å². The van der Waals surface area contributed by atoms with Crippen molar-refractivity contribution in [3.8, 4) is 11.5 Å². The maximum Gasteiger partial charge on any atom is 0.166 e. The molecule has 0 aliphatic rings. The van der Waals surface area contributed by atoms with E-state index in [-0.39, 0.29) is 0 Å². The van der Waals surface area contributed by atoms with Crippen molar-refractivity contribution in [2.24, 2.45) is 0 Å². The lowest BCUT2D eigenvalue weighted by Crippen LogP contribution is -2.32. The molecule has 0 aromatic heterocycles. The molecule has 0 fully saturated rings. The summed E-state index contributed by atoms with van der Waals surface area (Å²) in [5, 5.41) is 19.6. The lowest BCUT2D eigenvalue weighted by Gasteiger charge is -2.28. The Morgan fingerprint density at radius 2 is 1.72 bits per heavy atom. The second-order valence-electron chi connectivity index (χ2n) is 4.28. The van der Waals surface area contributed by atoms with Crippen LogP contribution in [0.2, 0.25) is 0 Å². The van der Waals surface area contributed by atoms with Crippen molar-refractivity contribution >= 4 is 15.9 Å². The quantitative estimate of drug-likeness (QED) is 0.819. The Balaban J connectivity index is 3.32. The summed E-state index contributed by atoms with van der Waals surface area (Å²) in [4.78, 5) is 0. The highest BCUT2D eigenvalue weighted by atomic mass is 79.9. The maximum atomic E-state index is 9.81. The van der Waals surface area contributed by atoms with E-state index >= 15 is 0 Å². The summed E-state index contributed by atoms with van der Waals surface area (Å²) < 4.78 is 11.2. The van der Waals surface area contributed by atoms with Gasteiger partial charge in [-0.15, -0.1) is 0 Å². The lowest BCUT2D eigenvalue weighted by molar-refractivity contribution is -0.164. The minimum absolute atomic E-state index is 0.410. The van der Waals surface area contributed by atoms with Crippen LogP contribution in [-0.4, -0.2) is 30.2 Å². The summed E-state index contributed by atoms with van der Waals surface area (Å²) in [5.41, 5.74) is 0.780. The average Bonchev–Trinajstić information content (AvgIpc) is 2.29. The molecule has 102 valence electrons. The number of hydrogen-bond acceptors (Lipinski definition) is 4. The van der Waals surface area contributed by atoms with E-state index in [0.29, 0.717) is 17.9 Å². The molecule has 2 N–H and O–H groups in total. The summed E-state index contributed by atoms with van der Waals surface area (Å²) in [6, 6.07) is 3.53. The molecule has 5 heteroatoms. The SMILES string of the molecule is CCC(c1cc(OC)c(OC)cc1Br)C(C)(O)O. The molecule has 1 rings (SSSR count). The highest BCUT2D eigenvalue weighted by Crippen LogP contribution is 2.40. The van der Waals surface area contributed by atoms with Gasteiger partial charge in [0.1, 0.15) is 0 Å². The smallest absolute Gasteiger partial charge is 0.166 e. The zero-order valence-corrected chi connectivity index (χ0v) is 12.6. The number of hydrogen-bond donors (Lipinski definition) is 2. The molecular formula is C13H19BrO4. The second-order valence-corrected chi connectivity index (χ2v) is 5.14. The molecule has 1 unspecified atom stereocenters. The summed E-state index contributed by atoms with van der Waals surface area (Å²) in [6.45, 7) is 3.28. The van der Waals surface area contributed by atoms with Crippen LogP contribution in [0.5, 0.6) is 11.5 Å². The van der Waals surface area contributed by atoms with Crippen LogP contribution in [0.15, 0.2) is 16.6 Å². The minimum atomic E-state index is -1.78. The van der Waals surface area contributed by atoms with Gasteiger partial charge in [-0.25, -0.2) is 0 Å². The molecule has 0 aliphatic heterocycles. The average molecular weight is 319 g/mol. The Bertz CT molecular complexity index is 412. The van der Waals surface area contributed by atoms with Gasteiger partial charge in [-0.1, -0.05) is 22.9 Å². The van der Waals surface area contributed by atoms with Crippen molar-refractivity contribution in [2.45, 2.75) is 32.0 Å². The highest BCUT2D eigenvalue weighted by Gasteiger charge is 2.31. The Morgan fingerprint density at radius 3 is 2.11 bits per heavy atom. The van der Waals surface area contributed by atoms with Crippen molar-refractivity contribution in [3.05, 3.63) is 22.2 Å². The van der Waals surface area contributed by atoms with Crippen LogP contribution >= 0.6 is 15.9 Å². The third kappa shape index (κ3) is 3.16. The molecule has 0 spiro atoms. The van der Waals surface area contributed by atoms with E-state index in [2.05, 4.69) is 15.9 Å². The van der Waals surface area contributed by atoms with E-state index < -0.39 is 11.7 Å². The van der Waals surface area contributed by atoms with Gasteiger partial charge in [0.2, 0.25) is 0 Å². The van der Waals surface area contributed by atoms with E-state index in [0.717, 1.165) is 10.0 Å². The van der Waals surface area contributed by atoms with E-state index in [9.17, 15) is 10.2 Å². The Hall–Kier alpha value is -0.780. The number of rotatable bonds is 5. The van der Waals surface area contributed by atoms with E-state index in [4.69, 9.17) is 9.47 Å². The first-order chi connectivity index (χ1) is 8.35. The summed E-state index contributed by atoms with van der Waals surface area (Å²) >= 11 is 3.43. The van der Waals surface area contributed by atoms with Crippen LogP contribution < -0.4 is 9.47 Å². The number of methoxy groups -OCH3 is 2. The first kappa shape index (κ1) is 15.3. The zero-order valence-electron chi connectivity index (χ0n) is 11.0. The van der Waals surface area contributed by atoms with Gasteiger partial charge in [0.25, 0.3) is 0 Å². The number of halogens is 1. The van der Waals surface area contributed by atoms with Gasteiger partial charge in [0.15, 0.2) is 17.3 Å². The summed E-state index contributed by atoms with van der Waals surface area (Å²) in [6.07, 6.45) is 0.595. The predicted molar refractivity (Wildman–Crippen MR) is 73.1 cm³/mol. The molecule has 0 saturated heterocycles. The fourth-order valence-electron chi connectivity index (χ4n) is 2.04. The molecule has 1 aromatic rings. The third-order valence-electron chi connectivity index (χ3n) is 2.95. The maximum absolute atomic E-state index is 9.81. The predicted octanol–water partition coefficient (Wildman–Crippen LogP) is 2.66. The molecule has 0 radical (unpaired) electrons. The fraction of sp³-hybridized carbons (Fsp3) is 0.538. The largest absolute Gasteiger partial charge is 0.493 e. The molecule has 0 heterocycles. The van der Waals surface area contributed by atoms with Crippen LogP contribution in [0.25, 0.3) is 0 Å². The van der Waals surface area contributed by atoms with E-state index in [1.807, 2.05) is 6.92 Å². The van der Waals surface area contributed by atoms with Gasteiger partial charge in [-0.05, 0) is 31.0 Å². The van der Waals surface area contributed by atoms with Crippen molar-refractivity contribution in [1.29, 1.82) is 0 Å². The van der Waals surface area contributed by atoms with Crippen LogP contribution in [0.1, 0.15) is 31.7 Å². The second kappa shape index (κ2) is 5.91. The zero-order chi connectivity index (χ0) is 13.9. The molecule has 0 aliphatic carbocycles. The summed E-state index contributed by atoms with van der Waals surface area (Å²) in [7, 11) is 3.11. The van der Waals surface area contributed by atoms with Crippen molar-refractivity contribution in [2.75, 3.05) is 14.2 Å². The molecule has 4 nitrogen and oxygen atoms in total. The van der Waals surface area contributed by atoms with Gasteiger partial charge in [-0.3, -0.25) is 0 Å². The molecule has 0 bridgehead atoms. The Morgan fingerprint density at radius 1 is 1.22 bits per heavy atom. The normalized spacial score (nSPS) is 13.3. The van der Waals surface area contributed by atoms with Gasteiger partial charge in [-0.2, -0.15) is 0 Å². The number of benzene rings is 1. The monoisotopic (exact) mass is 318 g/mol. The van der Waals surface area contributed by atoms with Crippen molar-refractivity contribution in [1.82, 2.24) is 0 Å². The minimum Gasteiger partial charge on any atom is -0.493 e. The van der Waals surface area contributed by atoms with Crippen LogP contribution in [0, 0.1) is 0 Å². The fourth-order valence-corrected chi connectivity index (χ4v) is 2.64. The number of aliphatic hydroxyl groups is 2. The molecule has 18 heavy (non-hydrogen) atoms. The van der Waals surface area contributed by atoms with E-state index in [1.165, 1.54) is 6.92 Å². The summed E-state index contributed by atoms with van der Waals surface area (Å²) in [5.74, 6) is -1.03. The first-order valence-corrected chi connectivity index (χ1v) is 6.50. The van der Waals surface area contributed by atoms with Crippen LogP contribution in [0.4, 0.5) is 0 Å². The van der Waals surface area contributed by atoms with Crippen molar-refractivity contribution < 1.29 is 19.7 Å². The first-order valence-electron chi connectivity index (χ1n) is 5.71. The van der Waals surface area contributed by atoms with Crippen LogP contribution in [0.3, 0.4) is 0 Å². The lowest BCUT2D eigenvalue weighted by atomic mass is 9.89. The van der Waals surface area contributed by atoms with E-state index in [1.54, 1.807) is 26.4 Å². The van der Waals surface area contributed by atoms with Gasteiger partial charge < -0.3 is 19.7 Å². The Labute approximate surface area is 116 Å². The van der Waals surface area contributed by atoms with Gasteiger partial charge >= 0.3 is 0 Å². The Kier molecular flexibility index (Phi) is 5.01. The van der Waals surface area contributed by atoms with Gasteiger partial charge in [0.05, 0.1) is 14.2 Å². The molecule has 1 atom stereocenters. The molecule has 0 amide bonds. The molecule has 1 aromatic carbocycles. The topological polar surface area (TPSA) is 58.9 Å². The molecule has 0 saturated carbocycles.